The second-order valence-corrected chi connectivity index (χ2v) is 4.74. The van der Waals surface area contributed by atoms with Gasteiger partial charge in [-0.05, 0) is 24.6 Å². The zero-order valence-electron chi connectivity index (χ0n) is 9.90. The van der Waals surface area contributed by atoms with Crippen molar-refractivity contribution in [2.45, 2.75) is 19.6 Å². The lowest BCUT2D eigenvalue weighted by Gasteiger charge is -2.08. The minimum absolute atomic E-state index is 0.0570. The fraction of sp³-hybridized carbons (Fsp3) is 0.250. The fourth-order valence-electron chi connectivity index (χ4n) is 1.37. The molecule has 0 saturated heterocycles. The molecule has 0 spiro atoms. The molecule has 1 heterocycles. The number of hydrogen-bond acceptors (Lipinski definition) is 4. The first-order valence-corrected chi connectivity index (χ1v) is 6.32. The molecule has 0 aliphatic rings. The van der Waals surface area contributed by atoms with E-state index in [1.54, 1.807) is 23.3 Å². The summed E-state index contributed by atoms with van der Waals surface area (Å²) in [4.78, 5) is 5.32. The molecule has 1 unspecified atom stereocenters. The molecule has 0 N–H and O–H groups in total. The van der Waals surface area contributed by atoms with E-state index in [1.807, 2.05) is 31.2 Å². The molecular formula is C12H13BrN4O. The van der Waals surface area contributed by atoms with E-state index in [1.165, 1.54) is 0 Å². The Hall–Kier alpha value is -1.69. The predicted molar refractivity (Wildman–Crippen MR) is 72.3 cm³/mol. The van der Waals surface area contributed by atoms with E-state index in [4.69, 9.17) is 4.84 Å². The van der Waals surface area contributed by atoms with Gasteiger partial charge in [0.2, 0.25) is 0 Å². The van der Waals surface area contributed by atoms with Crippen LogP contribution in [-0.2, 0) is 11.4 Å². The molecule has 2 aromatic rings. The maximum atomic E-state index is 5.32. The van der Waals surface area contributed by atoms with Crippen LogP contribution in [0.1, 0.15) is 12.5 Å². The third-order valence-corrected chi connectivity index (χ3v) is 2.76. The van der Waals surface area contributed by atoms with Crippen molar-refractivity contribution in [3.63, 3.8) is 0 Å². The highest BCUT2D eigenvalue weighted by Crippen LogP contribution is 2.09. The molecular weight excluding hydrogens is 296 g/mol. The molecule has 0 amide bonds. The van der Waals surface area contributed by atoms with Gasteiger partial charge in [0.25, 0.3) is 0 Å². The first-order chi connectivity index (χ1) is 8.74. The second-order valence-electron chi connectivity index (χ2n) is 3.83. The molecule has 94 valence electrons. The van der Waals surface area contributed by atoms with Gasteiger partial charge in [0.1, 0.15) is 6.10 Å². The number of aromatic nitrogens is 3. The molecule has 1 aromatic carbocycles. The molecule has 5 nitrogen and oxygen atoms in total. The number of nitrogens with zero attached hydrogens (tertiary/aromatic N) is 4. The maximum absolute atomic E-state index is 5.32. The van der Waals surface area contributed by atoms with Crippen LogP contribution in [0.2, 0.25) is 0 Å². The van der Waals surface area contributed by atoms with Crippen LogP contribution in [0.5, 0.6) is 0 Å². The van der Waals surface area contributed by atoms with E-state index in [9.17, 15) is 0 Å². The van der Waals surface area contributed by atoms with Crippen molar-refractivity contribution in [2.75, 3.05) is 0 Å². The summed E-state index contributed by atoms with van der Waals surface area (Å²) in [5.41, 5.74) is 0.992. The van der Waals surface area contributed by atoms with Crippen LogP contribution < -0.4 is 0 Å². The normalized spacial score (nSPS) is 12.8. The van der Waals surface area contributed by atoms with E-state index in [-0.39, 0.29) is 6.10 Å². The summed E-state index contributed by atoms with van der Waals surface area (Å²) in [6.45, 7) is 2.55. The molecule has 1 atom stereocenters. The predicted octanol–water partition coefficient (Wildman–Crippen LogP) is 2.48. The highest BCUT2D eigenvalue weighted by atomic mass is 79.9. The molecule has 2 rings (SSSR count). The second kappa shape index (κ2) is 6.30. The number of oxime groups is 1. The van der Waals surface area contributed by atoms with Crippen molar-refractivity contribution in [1.29, 1.82) is 0 Å². The van der Waals surface area contributed by atoms with E-state index >= 15 is 0 Å². The third-order valence-electron chi connectivity index (χ3n) is 2.23. The third kappa shape index (κ3) is 3.96. The van der Waals surface area contributed by atoms with Crippen LogP contribution in [0.15, 0.2) is 46.3 Å². The number of benzene rings is 1. The van der Waals surface area contributed by atoms with Gasteiger partial charge in [-0.1, -0.05) is 38.4 Å². The Morgan fingerprint density at radius 2 is 2.22 bits per heavy atom. The lowest BCUT2D eigenvalue weighted by atomic mass is 10.2. The Morgan fingerprint density at radius 3 is 2.89 bits per heavy atom. The Bertz CT molecular complexity index is 495. The molecule has 0 bridgehead atoms. The summed E-state index contributed by atoms with van der Waals surface area (Å²) in [7, 11) is 0. The molecule has 0 fully saturated rings. The van der Waals surface area contributed by atoms with Crippen molar-refractivity contribution in [2.24, 2.45) is 5.16 Å². The van der Waals surface area contributed by atoms with Gasteiger partial charge < -0.3 is 4.84 Å². The summed E-state index contributed by atoms with van der Waals surface area (Å²) in [6.07, 6.45) is 5.05. The SMILES string of the molecule is CC(Cn1ccnn1)O/N=C/c1ccc(Br)cc1. The molecule has 0 saturated carbocycles. The quantitative estimate of drug-likeness (QED) is 0.630. The maximum Gasteiger partial charge on any atom is 0.144 e. The zero-order valence-corrected chi connectivity index (χ0v) is 11.5. The molecule has 6 heteroatoms. The van der Waals surface area contributed by atoms with Crippen molar-refractivity contribution >= 4 is 22.1 Å². The van der Waals surface area contributed by atoms with Crippen LogP contribution in [0.4, 0.5) is 0 Å². The van der Waals surface area contributed by atoms with Crippen molar-refractivity contribution in [3.8, 4) is 0 Å². The Labute approximate surface area is 114 Å². The van der Waals surface area contributed by atoms with Crippen LogP contribution in [0.3, 0.4) is 0 Å². The van der Waals surface area contributed by atoms with Gasteiger partial charge in [-0.25, -0.2) is 4.68 Å². The smallest absolute Gasteiger partial charge is 0.144 e. The van der Waals surface area contributed by atoms with Crippen LogP contribution in [0.25, 0.3) is 0 Å². The van der Waals surface area contributed by atoms with Crippen LogP contribution in [0, 0.1) is 0 Å². The minimum Gasteiger partial charge on any atom is -0.391 e. The summed E-state index contributed by atoms with van der Waals surface area (Å²) < 4.78 is 2.75. The van der Waals surface area contributed by atoms with Crippen molar-refractivity contribution in [1.82, 2.24) is 15.0 Å². The minimum atomic E-state index is -0.0570. The van der Waals surface area contributed by atoms with Crippen LogP contribution >= 0.6 is 15.9 Å². The first-order valence-electron chi connectivity index (χ1n) is 5.53. The van der Waals surface area contributed by atoms with Gasteiger partial charge in [-0.3, -0.25) is 0 Å². The van der Waals surface area contributed by atoms with E-state index < -0.39 is 0 Å². The average molecular weight is 309 g/mol. The Balaban J connectivity index is 1.81. The van der Waals surface area contributed by atoms with Crippen molar-refractivity contribution in [3.05, 3.63) is 46.7 Å². The summed E-state index contributed by atoms with van der Waals surface area (Å²) in [5.74, 6) is 0. The summed E-state index contributed by atoms with van der Waals surface area (Å²) >= 11 is 3.38. The van der Waals surface area contributed by atoms with E-state index in [2.05, 4.69) is 31.4 Å². The highest BCUT2D eigenvalue weighted by molar-refractivity contribution is 9.10. The first kappa shape index (κ1) is 12.8. The monoisotopic (exact) mass is 308 g/mol. The zero-order chi connectivity index (χ0) is 12.8. The topological polar surface area (TPSA) is 52.3 Å². The molecule has 0 aliphatic heterocycles. The largest absolute Gasteiger partial charge is 0.391 e. The van der Waals surface area contributed by atoms with Gasteiger partial charge in [0.15, 0.2) is 0 Å². The number of rotatable bonds is 5. The van der Waals surface area contributed by atoms with Gasteiger partial charge >= 0.3 is 0 Å². The highest BCUT2D eigenvalue weighted by Gasteiger charge is 2.03. The van der Waals surface area contributed by atoms with E-state index in [0.29, 0.717) is 6.54 Å². The fourth-order valence-corrected chi connectivity index (χ4v) is 1.64. The summed E-state index contributed by atoms with van der Waals surface area (Å²) in [5, 5.41) is 11.5. The number of halogens is 1. The van der Waals surface area contributed by atoms with Gasteiger partial charge in [0, 0.05) is 10.7 Å². The van der Waals surface area contributed by atoms with E-state index in [0.717, 1.165) is 10.0 Å². The molecule has 0 radical (unpaired) electrons. The van der Waals surface area contributed by atoms with Gasteiger partial charge in [0.05, 0.1) is 19.0 Å². The average Bonchev–Trinajstić information content (AvgIpc) is 2.84. The standard InChI is InChI=1S/C12H13BrN4O/c1-10(9-17-7-6-14-16-17)18-15-8-11-2-4-12(13)5-3-11/h2-8,10H,9H2,1H3/b15-8+. The van der Waals surface area contributed by atoms with Crippen molar-refractivity contribution < 1.29 is 4.84 Å². The van der Waals surface area contributed by atoms with Gasteiger partial charge in [-0.2, -0.15) is 0 Å². The number of hydrogen-bond donors (Lipinski definition) is 0. The summed E-state index contributed by atoms with van der Waals surface area (Å²) in [6, 6.07) is 7.83. The van der Waals surface area contributed by atoms with Crippen LogP contribution in [-0.4, -0.2) is 27.3 Å². The lowest BCUT2D eigenvalue weighted by Crippen LogP contribution is -2.14. The van der Waals surface area contributed by atoms with Gasteiger partial charge in [-0.15, -0.1) is 5.10 Å². The lowest BCUT2D eigenvalue weighted by molar-refractivity contribution is 0.0583. The Morgan fingerprint density at radius 1 is 1.44 bits per heavy atom. The molecule has 0 aliphatic carbocycles. The molecule has 1 aromatic heterocycles. The Kier molecular flexibility index (Phi) is 4.46. The molecule has 18 heavy (non-hydrogen) atoms.